The molecule has 0 radical (unpaired) electrons. The SMILES string of the molecule is CC(C)c1ccc(CC2(O)CCC(C(C)(C)C)CC2)cc1. The summed E-state index contributed by atoms with van der Waals surface area (Å²) in [6.07, 6.45) is 5.01. The van der Waals surface area contributed by atoms with E-state index in [1.165, 1.54) is 11.1 Å². The molecule has 1 aromatic carbocycles. The topological polar surface area (TPSA) is 20.2 Å². The van der Waals surface area contributed by atoms with Crippen LogP contribution in [0.15, 0.2) is 24.3 Å². The molecule has 0 unspecified atom stereocenters. The Morgan fingerprint density at radius 3 is 2.05 bits per heavy atom. The Morgan fingerprint density at radius 1 is 1.10 bits per heavy atom. The van der Waals surface area contributed by atoms with Crippen LogP contribution < -0.4 is 0 Å². The summed E-state index contributed by atoms with van der Waals surface area (Å²) in [6.45, 7) is 11.4. The van der Waals surface area contributed by atoms with Crippen LogP contribution in [0.1, 0.15) is 77.3 Å². The molecule has 0 heterocycles. The fourth-order valence-electron chi connectivity index (χ4n) is 3.60. The maximum absolute atomic E-state index is 10.9. The predicted molar refractivity (Wildman–Crippen MR) is 90.6 cm³/mol. The molecule has 0 atom stereocenters. The van der Waals surface area contributed by atoms with Crippen molar-refractivity contribution in [2.24, 2.45) is 11.3 Å². The van der Waals surface area contributed by atoms with Crippen LogP contribution in [0.4, 0.5) is 0 Å². The molecule has 1 heteroatoms. The highest BCUT2D eigenvalue weighted by Gasteiger charge is 2.37. The van der Waals surface area contributed by atoms with Crippen LogP contribution in [-0.4, -0.2) is 10.7 Å². The van der Waals surface area contributed by atoms with Gasteiger partial charge in [0.1, 0.15) is 0 Å². The van der Waals surface area contributed by atoms with Gasteiger partial charge in [-0.2, -0.15) is 0 Å². The highest BCUT2D eigenvalue weighted by Crippen LogP contribution is 2.42. The quantitative estimate of drug-likeness (QED) is 0.798. The van der Waals surface area contributed by atoms with Crippen molar-refractivity contribution in [1.29, 1.82) is 0 Å². The van der Waals surface area contributed by atoms with Crippen molar-refractivity contribution < 1.29 is 5.11 Å². The van der Waals surface area contributed by atoms with E-state index < -0.39 is 5.60 Å². The third-order valence-corrected chi connectivity index (χ3v) is 5.32. The number of hydrogen-bond donors (Lipinski definition) is 1. The summed E-state index contributed by atoms with van der Waals surface area (Å²) >= 11 is 0. The number of benzene rings is 1. The highest BCUT2D eigenvalue weighted by atomic mass is 16.3. The Kier molecular flexibility index (Phi) is 4.82. The second-order valence-corrected chi connectivity index (χ2v) is 8.44. The lowest BCUT2D eigenvalue weighted by Crippen LogP contribution is -2.39. The zero-order valence-corrected chi connectivity index (χ0v) is 14.4. The molecule has 0 aromatic heterocycles. The Bertz CT molecular complexity index is 442. The minimum atomic E-state index is -0.485. The van der Waals surface area contributed by atoms with E-state index in [4.69, 9.17) is 0 Å². The monoisotopic (exact) mass is 288 g/mol. The van der Waals surface area contributed by atoms with Crippen LogP contribution >= 0.6 is 0 Å². The summed E-state index contributed by atoms with van der Waals surface area (Å²) in [5.74, 6) is 1.32. The van der Waals surface area contributed by atoms with Gasteiger partial charge in [-0.3, -0.25) is 0 Å². The van der Waals surface area contributed by atoms with Gasteiger partial charge in [-0.1, -0.05) is 58.9 Å². The Hall–Kier alpha value is -0.820. The van der Waals surface area contributed by atoms with Gasteiger partial charge in [-0.15, -0.1) is 0 Å². The average molecular weight is 288 g/mol. The molecule has 21 heavy (non-hydrogen) atoms. The first-order chi connectivity index (χ1) is 9.70. The van der Waals surface area contributed by atoms with Crippen LogP contribution in [-0.2, 0) is 6.42 Å². The number of aliphatic hydroxyl groups is 1. The van der Waals surface area contributed by atoms with E-state index in [9.17, 15) is 5.11 Å². The fraction of sp³-hybridized carbons (Fsp3) is 0.700. The second-order valence-electron chi connectivity index (χ2n) is 8.44. The van der Waals surface area contributed by atoms with Crippen LogP contribution in [0.5, 0.6) is 0 Å². The number of rotatable bonds is 3. The molecule has 1 aliphatic carbocycles. The summed E-state index contributed by atoms with van der Waals surface area (Å²) in [5.41, 5.74) is 2.54. The molecule has 1 fully saturated rings. The van der Waals surface area contributed by atoms with Crippen molar-refractivity contribution in [1.82, 2.24) is 0 Å². The third-order valence-electron chi connectivity index (χ3n) is 5.32. The minimum Gasteiger partial charge on any atom is -0.390 e. The smallest absolute Gasteiger partial charge is 0.0688 e. The standard InChI is InChI=1S/C20H32O/c1-15(2)17-8-6-16(7-9-17)14-20(21)12-10-18(11-13-20)19(3,4)5/h6-9,15,18,21H,10-14H2,1-5H3. The predicted octanol–water partition coefficient (Wildman–Crippen LogP) is 5.32. The maximum Gasteiger partial charge on any atom is 0.0688 e. The molecule has 1 saturated carbocycles. The molecule has 0 bridgehead atoms. The van der Waals surface area contributed by atoms with Crippen molar-refractivity contribution in [3.05, 3.63) is 35.4 Å². The van der Waals surface area contributed by atoms with Gasteiger partial charge >= 0.3 is 0 Å². The molecule has 1 aromatic rings. The van der Waals surface area contributed by atoms with Gasteiger partial charge in [0.25, 0.3) is 0 Å². The largest absolute Gasteiger partial charge is 0.390 e. The zero-order valence-electron chi connectivity index (χ0n) is 14.4. The summed E-state index contributed by atoms with van der Waals surface area (Å²) in [5, 5.41) is 10.9. The molecule has 1 nitrogen and oxygen atoms in total. The first kappa shape index (κ1) is 16.5. The van der Waals surface area contributed by atoms with E-state index in [-0.39, 0.29) is 0 Å². The normalized spacial score (nSPS) is 27.1. The first-order valence-corrected chi connectivity index (χ1v) is 8.51. The maximum atomic E-state index is 10.9. The molecule has 1 N–H and O–H groups in total. The summed E-state index contributed by atoms with van der Waals surface area (Å²) in [7, 11) is 0. The zero-order chi connectivity index (χ0) is 15.7. The van der Waals surface area contributed by atoms with Crippen molar-refractivity contribution >= 4 is 0 Å². The van der Waals surface area contributed by atoms with Gasteiger partial charge in [0.15, 0.2) is 0 Å². The van der Waals surface area contributed by atoms with E-state index in [0.29, 0.717) is 11.3 Å². The molecular weight excluding hydrogens is 256 g/mol. The molecule has 0 aliphatic heterocycles. The van der Waals surface area contributed by atoms with Crippen LogP contribution in [0, 0.1) is 11.3 Å². The van der Waals surface area contributed by atoms with Crippen molar-refractivity contribution in [2.45, 2.75) is 78.2 Å². The second kappa shape index (κ2) is 6.12. The van der Waals surface area contributed by atoms with Gasteiger partial charge in [-0.05, 0) is 54.1 Å². The van der Waals surface area contributed by atoms with Crippen LogP contribution in [0.25, 0.3) is 0 Å². The number of hydrogen-bond acceptors (Lipinski definition) is 1. The van der Waals surface area contributed by atoms with Crippen molar-refractivity contribution in [3.8, 4) is 0 Å². The molecular formula is C20H32O. The Morgan fingerprint density at radius 2 is 1.62 bits per heavy atom. The van der Waals surface area contributed by atoms with E-state index in [1.54, 1.807) is 0 Å². The summed E-state index contributed by atoms with van der Waals surface area (Å²) in [6, 6.07) is 8.82. The van der Waals surface area contributed by atoms with Gasteiger partial charge in [0, 0.05) is 6.42 Å². The first-order valence-electron chi connectivity index (χ1n) is 8.51. The molecule has 0 amide bonds. The lowest BCUT2D eigenvalue weighted by atomic mass is 9.67. The lowest BCUT2D eigenvalue weighted by Gasteiger charge is -2.41. The van der Waals surface area contributed by atoms with Gasteiger partial charge in [0.2, 0.25) is 0 Å². The Labute approximate surface area is 130 Å². The summed E-state index contributed by atoms with van der Waals surface area (Å²) in [4.78, 5) is 0. The third kappa shape index (κ3) is 4.32. The van der Waals surface area contributed by atoms with Crippen molar-refractivity contribution in [3.63, 3.8) is 0 Å². The lowest BCUT2D eigenvalue weighted by molar-refractivity contribution is -0.0245. The Balaban J connectivity index is 1.97. The average Bonchev–Trinajstić information content (AvgIpc) is 2.38. The van der Waals surface area contributed by atoms with E-state index >= 15 is 0 Å². The molecule has 1 aliphatic rings. The molecule has 0 saturated heterocycles. The van der Waals surface area contributed by atoms with Gasteiger partial charge in [-0.25, -0.2) is 0 Å². The summed E-state index contributed by atoms with van der Waals surface area (Å²) < 4.78 is 0. The molecule has 2 rings (SSSR count). The molecule has 0 spiro atoms. The van der Waals surface area contributed by atoms with E-state index in [2.05, 4.69) is 58.9 Å². The fourth-order valence-corrected chi connectivity index (χ4v) is 3.60. The van der Waals surface area contributed by atoms with Crippen molar-refractivity contribution in [2.75, 3.05) is 0 Å². The van der Waals surface area contributed by atoms with Crippen LogP contribution in [0.3, 0.4) is 0 Å². The van der Waals surface area contributed by atoms with Gasteiger partial charge in [0.05, 0.1) is 5.60 Å². The minimum absolute atomic E-state index is 0.375. The highest BCUT2D eigenvalue weighted by molar-refractivity contribution is 5.26. The van der Waals surface area contributed by atoms with E-state index in [0.717, 1.165) is 38.0 Å². The van der Waals surface area contributed by atoms with Gasteiger partial charge < -0.3 is 5.11 Å². The van der Waals surface area contributed by atoms with Crippen LogP contribution in [0.2, 0.25) is 0 Å². The van der Waals surface area contributed by atoms with E-state index in [1.807, 2.05) is 0 Å². The molecule has 118 valence electrons.